The van der Waals surface area contributed by atoms with Gasteiger partial charge in [0, 0.05) is 32.8 Å². The van der Waals surface area contributed by atoms with Gasteiger partial charge in [-0.3, -0.25) is 0 Å². The Labute approximate surface area is 192 Å². The highest BCUT2D eigenvalue weighted by Gasteiger charge is 2.13. The van der Waals surface area contributed by atoms with Crippen LogP contribution in [0.15, 0.2) is 52.0 Å². The number of anilines is 1. The van der Waals surface area contributed by atoms with Crippen LogP contribution in [0.5, 0.6) is 0 Å². The summed E-state index contributed by atoms with van der Waals surface area (Å²) < 4.78 is 2.90. The molecule has 0 bridgehead atoms. The predicted molar refractivity (Wildman–Crippen MR) is 126 cm³/mol. The predicted octanol–water partition coefficient (Wildman–Crippen LogP) is 5.67. The molecular weight excluding hydrogens is 484 g/mol. The Kier molecular flexibility index (Phi) is 6.82. The van der Waals surface area contributed by atoms with E-state index in [1.54, 1.807) is 24.4 Å². The van der Waals surface area contributed by atoms with Gasteiger partial charge in [0.1, 0.15) is 0 Å². The van der Waals surface area contributed by atoms with E-state index in [0.717, 1.165) is 32.7 Å². The lowest BCUT2D eigenvalue weighted by Gasteiger charge is -2.11. The number of hydrazone groups is 1. The van der Waals surface area contributed by atoms with E-state index >= 15 is 0 Å². The monoisotopic (exact) mass is 502 g/mol. The number of rotatable bonds is 5. The first-order chi connectivity index (χ1) is 14.7. The highest BCUT2D eigenvalue weighted by molar-refractivity contribution is 9.10. The number of nitrogens with zero attached hydrogens (tertiary/aromatic N) is 2. The van der Waals surface area contributed by atoms with Crippen molar-refractivity contribution in [2.75, 3.05) is 5.32 Å². The van der Waals surface area contributed by atoms with Crippen LogP contribution >= 0.6 is 27.5 Å². The summed E-state index contributed by atoms with van der Waals surface area (Å²) in [5.74, 6) is -1.08. The average molecular weight is 504 g/mol. The third-order valence-corrected chi connectivity index (χ3v) is 5.90. The molecule has 7 nitrogen and oxygen atoms in total. The molecule has 3 aromatic rings. The summed E-state index contributed by atoms with van der Waals surface area (Å²) in [7, 11) is 0. The van der Waals surface area contributed by atoms with Gasteiger partial charge in [-0.25, -0.2) is 15.0 Å². The summed E-state index contributed by atoms with van der Waals surface area (Å²) in [6.45, 7) is 5.75. The lowest BCUT2D eigenvalue weighted by molar-refractivity contribution is 0.0697. The molecule has 1 heterocycles. The summed E-state index contributed by atoms with van der Waals surface area (Å²) in [4.78, 5) is 23.3. The molecule has 3 N–H and O–H groups in total. The van der Waals surface area contributed by atoms with E-state index in [9.17, 15) is 9.59 Å². The molecule has 0 radical (unpaired) electrons. The third kappa shape index (κ3) is 5.15. The van der Waals surface area contributed by atoms with E-state index in [1.807, 2.05) is 43.5 Å². The van der Waals surface area contributed by atoms with Gasteiger partial charge in [-0.1, -0.05) is 27.5 Å². The number of nitrogens with one attached hydrogen (secondary N) is 2. The van der Waals surface area contributed by atoms with Crippen LogP contribution in [0.25, 0.3) is 5.69 Å². The van der Waals surface area contributed by atoms with E-state index in [2.05, 4.69) is 31.8 Å². The number of aromatic carboxylic acids is 1. The molecule has 2 aromatic carbocycles. The van der Waals surface area contributed by atoms with Gasteiger partial charge in [0.05, 0.1) is 16.8 Å². The van der Waals surface area contributed by atoms with Crippen molar-refractivity contribution >= 4 is 51.4 Å². The fourth-order valence-corrected chi connectivity index (χ4v) is 3.68. The Hall–Kier alpha value is -3.10. The van der Waals surface area contributed by atoms with Gasteiger partial charge in [-0.2, -0.15) is 5.10 Å². The van der Waals surface area contributed by atoms with Crippen molar-refractivity contribution in [3.8, 4) is 5.69 Å². The first-order valence-corrected chi connectivity index (χ1v) is 10.4. The molecule has 0 aliphatic carbocycles. The molecular formula is C22H20BrClN4O3. The number of carboxylic acids is 1. The number of hydrogen-bond acceptors (Lipinski definition) is 3. The van der Waals surface area contributed by atoms with Gasteiger partial charge in [0.15, 0.2) is 0 Å². The standard InChI is InChI=1S/C22H20BrClN4O3/c1-12-8-16(4-7-19(12)23)26-22(31)27-25-11-15-9-13(2)28(14(15)3)17-5-6-18(21(29)30)20(24)10-17/h4-11H,1-3H3,(H,29,30)(H2,26,27,31)/b25-11+. The Bertz CT molecular complexity index is 1200. The van der Waals surface area contributed by atoms with E-state index in [1.165, 1.54) is 6.07 Å². The SMILES string of the molecule is Cc1cc(NC(=O)N/N=C/c2cc(C)n(-c3ccc(C(=O)O)c(Cl)c3)c2C)ccc1Br. The minimum atomic E-state index is -1.08. The fourth-order valence-electron chi connectivity index (χ4n) is 3.17. The van der Waals surface area contributed by atoms with Crippen molar-refractivity contribution in [1.82, 2.24) is 9.99 Å². The largest absolute Gasteiger partial charge is 0.478 e. The maximum atomic E-state index is 12.1. The number of aryl methyl sites for hydroxylation is 2. The number of carbonyl (C=O) groups excluding carboxylic acids is 1. The third-order valence-electron chi connectivity index (χ3n) is 4.70. The summed E-state index contributed by atoms with van der Waals surface area (Å²) in [5, 5.41) is 16.1. The molecule has 0 aliphatic heterocycles. The summed E-state index contributed by atoms with van der Waals surface area (Å²) >= 11 is 9.53. The molecule has 0 spiro atoms. The lowest BCUT2D eigenvalue weighted by atomic mass is 10.2. The first kappa shape index (κ1) is 22.6. The molecule has 0 fully saturated rings. The lowest BCUT2D eigenvalue weighted by Crippen LogP contribution is -2.24. The number of hydrogen-bond donors (Lipinski definition) is 3. The Morgan fingerprint density at radius 3 is 2.52 bits per heavy atom. The zero-order chi connectivity index (χ0) is 22.7. The van der Waals surface area contributed by atoms with Crippen molar-refractivity contribution in [3.63, 3.8) is 0 Å². The molecule has 3 rings (SSSR count). The van der Waals surface area contributed by atoms with Crippen LogP contribution in [0.2, 0.25) is 5.02 Å². The fraction of sp³-hybridized carbons (Fsp3) is 0.136. The topological polar surface area (TPSA) is 95.7 Å². The van der Waals surface area contributed by atoms with Crippen LogP contribution in [-0.2, 0) is 0 Å². The number of amides is 2. The quantitative estimate of drug-likeness (QED) is 0.309. The molecule has 2 amide bonds. The zero-order valence-corrected chi connectivity index (χ0v) is 19.4. The summed E-state index contributed by atoms with van der Waals surface area (Å²) in [6.07, 6.45) is 1.55. The Morgan fingerprint density at radius 1 is 1.13 bits per heavy atom. The van der Waals surface area contributed by atoms with Crippen molar-refractivity contribution in [2.24, 2.45) is 5.10 Å². The maximum absolute atomic E-state index is 12.1. The summed E-state index contributed by atoms with van der Waals surface area (Å²) in [6, 6.07) is 11.7. The second kappa shape index (κ2) is 9.36. The van der Waals surface area contributed by atoms with Crippen molar-refractivity contribution < 1.29 is 14.7 Å². The van der Waals surface area contributed by atoms with Crippen molar-refractivity contribution in [2.45, 2.75) is 20.8 Å². The van der Waals surface area contributed by atoms with Gasteiger partial charge in [0.2, 0.25) is 0 Å². The van der Waals surface area contributed by atoms with E-state index in [-0.39, 0.29) is 10.6 Å². The van der Waals surface area contributed by atoms with Gasteiger partial charge < -0.3 is 15.0 Å². The van der Waals surface area contributed by atoms with Gasteiger partial charge in [-0.15, -0.1) is 0 Å². The zero-order valence-electron chi connectivity index (χ0n) is 17.0. The molecule has 0 saturated carbocycles. The number of urea groups is 1. The van der Waals surface area contributed by atoms with E-state index in [4.69, 9.17) is 16.7 Å². The number of carbonyl (C=O) groups is 2. The second-order valence-corrected chi connectivity index (χ2v) is 8.18. The molecule has 0 saturated heterocycles. The molecule has 160 valence electrons. The molecule has 31 heavy (non-hydrogen) atoms. The van der Waals surface area contributed by atoms with Gasteiger partial charge in [0.25, 0.3) is 0 Å². The van der Waals surface area contributed by atoms with E-state index in [0.29, 0.717) is 5.69 Å². The Balaban J connectivity index is 1.73. The van der Waals surface area contributed by atoms with Crippen LogP contribution < -0.4 is 10.7 Å². The number of aromatic nitrogens is 1. The van der Waals surface area contributed by atoms with Gasteiger partial charge in [-0.05, 0) is 68.8 Å². The minimum absolute atomic E-state index is 0.0471. The highest BCUT2D eigenvalue weighted by atomic mass is 79.9. The van der Waals surface area contributed by atoms with Crippen LogP contribution in [0.4, 0.5) is 10.5 Å². The number of carboxylic acid groups (broad SMARTS) is 1. The van der Waals surface area contributed by atoms with Crippen LogP contribution in [-0.4, -0.2) is 27.9 Å². The molecule has 0 unspecified atom stereocenters. The molecule has 0 aliphatic rings. The van der Waals surface area contributed by atoms with Crippen molar-refractivity contribution in [1.29, 1.82) is 0 Å². The average Bonchev–Trinajstić information content (AvgIpc) is 2.97. The highest BCUT2D eigenvalue weighted by Crippen LogP contribution is 2.25. The Morgan fingerprint density at radius 2 is 1.87 bits per heavy atom. The van der Waals surface area contributed by atoms with E-state index < -0.39 is 12.0 Å². The van der Waals surface area contributed by atoms with Crippen LogP contribution in [0, 0.1) is 20.8 Å². The molecule has 0 atom stereocenters. The number of halogens is 2. The molecule has 1 aromatic heterocycles. The van der Waals surface area contributed by atoms with Crippen molar-refractivity contribution in [3.05, 3.63) is 80.0 Å². The second-order valence-electron chi connectivity index (χ2n) is 6.92. The first-order valence-electron chi connectivity index (χ1n) is 9.25. The van der Waals surface area contributed by atoms with Gasteiger partial charge >= 0.3 is 12.0 Å². The van der Waals surface area contributed by atoms with Crippen LogP contribution in [0.1, 0.15) is 32.9 Å². The van der Waals surface area contributed by atoms with Crippen LogP contribution in [0.3, 0.4) is 0 Å². The normalized spacial score (nSPS) is 11.0. The molecule has 9 heteroatoms. The minimum Gasteiger partial charge on any atom is -0.478 e. The smallest absolute Gasteiger partial charge is 0.339 e. The summed E-state index contributed by atoms with van der Waals surface area (Å²) in [5.41, 5.74) is 7.48. The maximum Gasteiger partial charge on any atom is 0.339 e. The number of benzene rings is 2.